The van der Waals surface area contributed by atoms with E-state index in [0.717, 1.165) is 17.2 Å². The SMILES string of the molecule is CCc1ccccc1S(=O)(=O)N[C@@H]1C[C@H](n2cnnc2)C(OC(F)F)C(F)(F)C1. The smallest absolute Gasteiger partial charge is 0.314 e. The molecular weight excluding hydrogens is 416 g/mol. The molecule has 0 aliphatic heterocycles. The van der Waals surface area contributed by atoms with Gasteiger partial charge in [0.2, 0.25) is 10.0 Å². The van der Waals surface area contributed by atoms with Crippen LogP contribution in [0.4, 0.5) is 17.6 Å². The van der Waals surface area contributed by atoms with Crippen LogP contribution in [-0.4, -0.2) is 47.9 Å². The van der Waals surface area contributed by atoms with E-state index in [2.05, 4.69) is 19.7 Å². The molecule has 1 fully saturated rings. The number of benzene rings is 1. The fraction of sp³-hybridized carbons (Fsp3) is 0.529. The molecule has 160 valence electrons. The summed E-state index contributed by atoms with van der Waals surface area (Å²) in [6.07, 6.45) is -0.680. The van der Waals surface area contributed by atoms with Crippen LogP contribution in [-0.2, 0) is 21.2 Å². The van der Waals surface area contributed by atoms with E-state index in [-0.39, 0.29) is 11.3 Å². The molecule has 1 aliphatic rings. The quantitative estimate of drug-likeness (QED) is 0.675. The average Bonchev–Trinajstić information content (AvgIpc) is 3.17. The number of alkyl halides is 4. The molecule has 0 amide bonds. The number of rotatable bonds is 7. The van der Waals surface area contributed by atoms with Crippen molar-refractivity contribution in [2.24, 2.45) is 0 Å². The number of ether oxygens (including phenoxy) is 1. The van der Waals surface area contributed by atoms with E-state index in [0.29, 0.717) is 12.0 Å². The third kappa shape index (κ3) is 4.75. The van der Waals surface area contributed by atoms with Crippen LogP contribution in [0.1, 0.15) is 31.4 Å². The van der Waals surface area contributed by atoms with Crippen LogP contribution in [0.25, 0.3) is 0 Å². The highest BCUT2D eigenvalue weighted by atomic mass is 32.2. The van der Waals surface area contributed by atoms with Gasteiger partial charge in [-0.25, -0.2) is 21.9 Å². The Morgan fingerprint density at radius 1 is 1.28 bits per heavy atom. The summed E-state index contributed by atoms with van der Waals surface area (Å²) in [6.45, 7) is -1.63. The van der Waals surface area contributed by atoms with Gasteiger partial charge in [-0.2, -0.15) is 8.78 Å². The Labute approximate surface area is 165 Å². The van der Waals surface area contributed by atoms with Crippen LogP contribution >= 0.6 is 0 Å². The maximum atomic E-state index is 14.7. The van der Waals surface area contributed by atoms with Gasteiger partial charge >= 0.3 is 6.61 Å². The summed E-state index contributed by atoms with van der Waals surface area (Å²) in [5.74, 6) is -3.71. The Kier molecular flexibility index (Phi) is 6.24. The lowest BCUT2D eigenvalue weighted by molar-refractivity contribution is -0.254. The van der Waals surface area contributed by atoms with Crippen molar-refractivity contribution in [1.82, 2.24) is 19.5 Å². The van der Waals surface area contributed by atoms with Crippen molar-refractivity contribution in [1.29, 1.82) is 0 Å². The summed E-state index contributed by atoms with van der Waals surface area (Å²) in [7, 11) is -4.10. The summed E-state index contributed by atoms with van der Waals surface area (Å²) in [4.78, 5) is -0.00221. The molecule has 1 aromatic heterocycles. The lowest BCUT2D eigenvalue weighted by atomic mass is 9.85. The van der Waals surface area contributed by atoms with Crippen molar-refractivity contribution in [2.45, 2.75) is 61.8 Å². The molecule has 2 aromatic rings. The minimum Gasteiger partial charge on any atom is -0.314 e. The van der Waals surface area contributed by atoms with Gasteiger partial charge in [0, 0.05) is 12.5 Å². The summed E-state index contributed by atoms with van der Waals surface area (Å²) in [5, 5.41) is 7.03. The third-order valence-corrected chi connectivity index (χ3v) is 6.47. The van der Waals surface area contributed by atoms with E-state index < -0.39 is 47.2 Å². The Morgan fingerprint density at radius 3 is 2.55 bits per heavy atom. The van der Waals surface area contributed by atoms with Crippen molar-refractivity contribution in [2.75, 3.05) is 0 Å². The zero-order valence-electron chi connectivity index (χ0n) is 15.4. The highest BCUT2D eigenvalue weighted by molar-refractivity contribution is 7.89. The third-order valence-electron chi connectivity index (χ3n) is 4.84. The minimum atomic E-state index is -4.10. The predicted octanol–water partition coefficient (Wildman–Crippen LogP) is 2.77. The number of nitrogens with zero attached hydrogens (tertiary/aromatic N) is 3. The zero-order chi connectivity index (χ0) is 21.2. The van der Waals surface area contributed by atoms with E-state index in [9.17, 15) is 26.0 Å². The van der Waals surface area contributed by atoms with Gasteiger partial charge in [0.1, 0.15) is 18.8 Å². The van der Waals surface area contributed by atoms with Crippen molar-refractivity contribution in [3.05, 3.63) is 42.5 Å². The van der Waals surface area contributed by atoms with E-state index in [1.54, 1.807) is 19.1 Å². The van der Waals surface area contributed by atoms with Gasteiger partial charge in [0.15, 0.2) is 0 Å². The Hall–Kier alpha value is -2.05. The fourth-order valence-corrected chi connectivity index (χ4v) is 5.18. The second kappa shape index (κ2) is 8.36. The summed E-state index contributed by atoms with van der Waals surface area (Å²) < 4.78 is 88.1. The van der Waals surface area contributed by atoms with Crippen LogP contribution in [0.3, 0.4) is 0 Å². The van der Waals surface area contributed by atoms with Gasteiger partial charge in [-0.3, -0.25) is 0 Å². The molecule has 1 heterocycles. The summed E-state index contributed by atoms with van der Waals surface area (Å²) in [6, 6.07) is 3.76. The molecule has 1 aromatic carbocycles. The summed E-state index contributed by atoms with van der Waals surface area (Å²) in [5.41, 5.74) is 0.539. The first kappa shape index (κ1) is 21.7. The lowest BCUT2D eigenvalue weighted by Gasteiger charge is -2.41. The van der Waals surface area contributed by atoms with Crippen LogP contribution in [0.5, 0.6) is 0 Å². The second-order valence-electron chi connectivity index (χ2n) is 6.77. The number of nitrogens with one attached hydrogen (secondary N) is 1. The lowest BCUT2D eigenvalue weighted by Crippen LogP contribution is -2.54. The Morgan fingerprint density at radius 2 is 1.93 bits per heavy atom. The summed E-state index contributed by atoms with van der Waals surface area (Å²) >= 11 is 0. The zero-order valence-corrected chi connectivity index (χ0v) is 16.2. The number of hydrogen-bond acceptors (Lipinski definition) is 5. The first-order valence-electron chi connectivity index (χ1n) is 8.90. The normalized spacial score (nSPS) is 24.7. The fourth-order valence-electron chi connectivity index (χ4n) is 3.61. The maximum absolute atomic E-state index is 14.7. The van der Waals surface area contributed by atoms with E-state index >= 15 is 0 Å². The van der Waals surface area contributed by atoms with Crippen LogP contribution in [0.2, 0.25) is 0 Å². The molecule has 1 unspecified atom stereocenters. The molecule has 0 radical (unpaired) electrons. The van der Waals surface area contributed by atoms with E-state index in [4.69, 9.17) is 0 Å². The first-order valence-corrected chi connectivity index (χ1v) is 10.4. The molecule has 12 heteroatoms. The molecule has 3 rings (SSSR count). The van der Waals surface area contributed by atoms with E-state index in [1.165, 1.54) is 12.1 Å². The molecule has 1 aliphatic carbocycles. The van der Waals surface area contributed by atoms with Gasteiger partial charge < -0.3 is 9.30 Å². The highest BCUT2D eigenvalue weighted by Gasteiger charge is 2.53. The standard InChI is InChI=1S/C17H20F4N4O3S/c1-2-11-5-3-4-6-14(11)29(26,27)24-12-7-13(25-9-22-23-10-25)15(28-16(18)19)17(20,21)8-12/h3-6,9-10,12-13,15-16,24H,2,7-8H2,1H3/t12-,13+,15?/m1/s1. The topological polar surface area (TPSA) is 86.1 Å². The first-order chi connectivity index (χ1) is 13.6. The average molecular weight is 436 g/mol. The van der Waals surface area contributed by atoms with Gasteiger partial charge in [-0.1, -0.05) is 25.1 Å². The monoisotopic (exact) mass is 436 g/mol. The molecule has 29 heavy (non-hydrogen) atoms. The minimum absolute atomic E-state index is 0.00221. The van der Waals surface area contributed by atoms with Crippen LogP contribution < -0.4 is 4.72 Å². The molecule has 0 saturated heterocycles. The molecule has 0 spiro atoms. The molecule has 3 atom stereocenters. The highest BCUT2D eigenvalue weighted by Crippen LogP contribution is 2.42. The molecule has 1 N–H and O–H groups in total. The Bertz CT molecular complexity index is 925. The van der Waals surface area contributed by atoms with Crippen molar-refractivity contribution >= 4 is 10.0 Å². The predicted molar refractivity (Wildman–Crippen MR) is 94.0 cm³/mol. The molecule has 1 saturated carbocycles. The second-order valence-corrected chi connectivity index (χ2v) is 8.46. The van der Waals surface area contributed by atoms with Gasteiger partial charge in [0.25, 0.3) is 5.92 Å². The Balaban J connectivity index is 1.89. The molecular formula is C17H20F4N4O3S. The number of halogens is 4. The number of aryl methyl sites for hydroxylation is 1. The molecule has 7 nitrogen and oxygen atoms in total. The number of sulfonamides is 1. The van der Waals surface area contributed by atoms with Crippen LogP contribution in [0, 0.1) is 0 Å². The van der Waals surface area contributed by atoms with Crippen molar-refractivity contribution in [3.8, 4) is 0 Å². The van der Waals surface area contributed by atoms with Gasteiger partial charge in [0.05, 0.1) is 10.9 Å². The van der Waals surface area contributed by atoms with Crippen LogP contribution in [0.15, 0.2) is 41.8 Å². The number of hydrogen-bond donors (Lipinski definition) is 1. The van der Waals surface area contributed by atoms with Crippen molar-refractivity contribution < 1.29 is 30.7 Å². The largest absolute Gasteiger partial charge is 0.345 e. The molecule has 0 bridgehead atoms. The van der Waals surface area contributed by atoms with Gasteiger partial charge in [-0.05, 0) is 24.5 Å². The van der Waals surface area contributed by atoms with Gasteiger partial charge in [-0.15, -0.1) is 10.2 Å². The van der Waals surface area contributed by atoms with E-state index in [1.807, 2.05) is 0 Å². The maximum Gasteiger partial charge on any atom is 0.345 e. The number of aromatic nitrogens is 3. The van der Waals surface area contributed by atoms with Crippen molar-refractivity contribution in [3.63, 3.8) is 0 Å².